The Morgan fingerprint density at radius 2 is 2.32 bits per heavy atom. The van der Waals surface area contributed by atoms with Gasteiger partial charge in [0.25, 0.3) is 0 Å². The Bertz CT molecular complexity index is 765. The van der Waals surface area contributed by atoms with Gasteiger partial charge in [-0.3, -0.25) is 4.90 Å². The van der Waals surface area contributed by atoms with Gasteiger partial charge in [-0.2, -0.15) is 0 Å². The number of carbonyl (C=O) groups is 1. The predicted molar refractivity (Wildman–Crippen MR) is 93.6 cm³/mol. The minimum absolute atomic E-state index is 0.281. The van der Waals surface area contributed by atoms with Crippen molar-refractivity contribution in [1.82, 2.24) is 14.9 Å². The molecule has 3 heterocycles. The van der Waals surface area contributed by atoms with Gasteiger partial charge in [-0.05, 0) is 31.4 Å². The maximum absolute atomic E-state index is 11.2. The molecule has 1 saturated heterocycles. The smallest absolute Gasteiger partial charge is 0.335 e. The molecule has 0 radical (unpaired) electrons. The summed E-state index contributed by atoms with van der Waals surface area (Å²) in [5.74, 6) is -0.166. The highest BCUT2D eigenvalue weighted by molar-refractivity contribution is 5.89. The Labute approximate surface area is 146 Å². The standard InChI is InChI=1S/C19H23N3O3/c23-19(24)14-5-3-4-13(10-14)18-20-16-7-8-22(12-17(16)21-18)11-15-6-1-2-9-25-15/h3-5,10,15H,1-2,6-9,11-12H2,(H,20,21)(H,23,24). The van der Waals surface area contributed by atoms with Gasteiger partial charge >= 0.3 is 5.97 Å². The highest BCUT2D eigenvalue weighted by Gasteiger charge is 2.24. The number of benzene rings is 1. The average Bonchev–Trinajstić information content (AvgIpc) is 3.06. The molecule has 1 atom stereocenters. The van der Waals surface area contributed by atoms with Gasteiger partial charge in [0.2, 0.25) is 0 Å². The largest absolute Gasteiger partial charge is 0.478 e. The van der Waals surface area contributed by atoms with Crippen molar-refractivity contribution < 1.29 is 14.6 Å². The van der Waals surface area contributed by atoms with E-state index in [0.717, 1.165) is 61.9 Å². The van der Waals surface area contributed by atoms with Crippen molar-refractivity contribution >= 4 is 5.97 Å². The molecule has 1 aromatic heterocycles. The molecule has 4 rings (SSSR count). The zero-order valence-corrected chi connectivity index (χ0v) is 14.2. The zero-order valence-electron chi connectivity index (χ0n) is 14.2. The molecule has 1 fully saturated rings. The second-order valence-electron chi connectivity index (χ2n) is 6.87. The first-order valence-corrected chi connectivity index (χ1v) is 8.94. The number of ether oxygens (including phenoxy) is 1. The number of carboxylic acids is 1. The molecule has 25 heavy (non-hydrogen) atoms. The summed E-state index contributed by atoms with van der Waals surface area (Å²) in [5, 5.41) is 9.16. The Balaban J connectivity index is 1.48. The Morgan fingerprint density at radius 3 is 3.12 bits per heavy atom. The second-order valence-corrected chi connectivity index (χ2v) is 6.87. The van der Waals surface area contributed by atoms with Gasteiger partial charge in [-0.15, -0.1) is 0 Å². The van der Waals surface area contributed by atoms with E-state index in [-0.39, 0.29) is 5.56 Å². The third-order valence-corrected chi connectivity index (χ3v) is 5.03. The van der Waals surface area contributed by atoms with E-state index in [2.05, 4.69) is 9.88 Å². The van der Waals surface area contributed by atoms with Crippen LogP contribution < -0.4 is 0 Å². The van der Waals surface area contributed by atoms with E-state index < -0.39 is 5.97 Å². The average molecular weight is 341 g/mol. The van der Waals surface area contributed by atoms with E-state index >= 15 is 0 Å². The minimum Gasteiger partial charge on any atom is -0.478 e. The van der Waals surface area contributed by atoms with Crippen LogP contribution in [0.1, 0.15) is 41.0 Å². The van der Waals surface area contributed by atoms with Crippen molar-refractivity contribution in [3.63, 3.8) is 0 Å². The number of nitrogens with zero attached hydrogens (tertiary/aromatic N) is 2. The molecule has 2 N–H and O–H groups in total. The van der Waals surface area contributed by atoms with E-state index in [1.807, 2.05) is 6.07 Å². The molecular formula is C19H23N3O3. The predicted octanol–water partition coefficient (Wildman–Crippen LogP) is 2.70. The number of hydrogen-bond donors (Lipinski definition) is 2. The SMILES string of the molecule is O=C(O)c1cccc(-c2nc3c([nH]2)CN(CC2CCCCO2)CC3)c1. The lowest BCUT2D eigenvalue weighted by Crippen LogP contribution is -2.38. The number of aromatic amines is 1. The van der Waals surface area contributed by atoms with Crippen LogP contribution in [0.15, 0.2) is 24.3 Å². The van der Waals surface area contributed by atoms with E-state index in [4.69, 9.17) is 14.8 Å². The second kappa shape index (κ2) is 6.98. The van der Waals surface area contributed by atoms with Crippen molar-refractivity contribution in [3.05, 3.63) is 41.2 Å². The molecule has 132 valence electrons. The summed E-state index contributed by atoms with van der Waals surface area (Å²) in [7, 11) is 0. The highest BCUT2D eigenvalue weighted by Crippen LogP contribution is 2.24. The molecule has 2 aliphatic heterocycles. The van der Waals surface area contributed by atoms with Gasteiger partial charge in [0.05, 0.1) is 23.1 Å². The monoisotopic (exact) mass is 341 g/mol. The molecule has 2 aliphatic rings. The van der Waals surface area contributed by atoms with Gasteiger partial charge in [0.1, 0.15) is 5.82 Å². The molecule has 0 aliphatic carbocycles. The summed E-state index contributed by atoms with van der Waals surface area (Å²) in [6.07, 6.45) is 4.86. The number of fused-ring (bicyclic) bond motifs is 1. The first-order valence-electron chi connectivity index (χ1n) is 8.94. The van der Waals surface area contributed by atoms with Crippen LogP contribution in [0.3, 0.4) is 0 Å². The van der Waals surface area contributed by atoms with Crippen LogP contribution in [0, 0.1) is 0 Å². The number of nitrogens with one attached hydrogen (secondary N) is 1. The topological polar surface area (TPSA) is 78.4 Å². The maximum Gasteiger partial charge on any atom is 0.335 e. The summed E-state index contributed by atoms with van der Waals surface area (Å²) in [5.41, 5.74) is 3.33. The normalized spacial score (nSPS) is 21.0. The molecule has 2 aromatic rings. The highest BCUT2D eigenvalue weighted by atomic mass is 16.5. The fourth-order valence-electron chi connectivity index (χ4n) is 3.68. The van der Waals surface area contributed by atoms with Crippen molar-refractivity contribution in [2.75, 3.05) is 19.7 Å². The van der Waals surface area contributed by atoms with Crippen molar-refractivity contribution in [2.45, 2.75) is 38.3 Å². The van der Waals surface area contributed by atoms with Crippen LogP contribution in [-0.2, 0) is 17.7 Å². The van der Waals surface area contributed by atoms with Crippen LogP contribution in [-0.4, -0.2) is 51.7 Å². The fraction of sp³-hybridized carbons (Fsp3) is 0.474. The number of carboxylic acid groups (broad SMARTS) is 1. The number of imidazole rings is 1. The van der Waals surface area contributed by atoms with Crippen LogP contribution in [0.2, 0.25) is 0 Å². The van der Waals surface area contributed by atoms with Gasteiger partial charge in [0.15, 0.2) is 0 Å². The van der Waals surface area contributed by atoms with Gasteiger partial charge in [0, 0.05) is 38.2 Å². The van der Waals surface area contributed by atoms with E-state index in [1.54, 1.807) is 18.2 Å². The molecule has 6 heteroatoms. The van der Waals surface area contributed by atoms with Crippen LogP contribution in [0.25, 0.3) is 11.4 Å². The molecule has 6 nitrogen and oxygen atoms in total. The van der Waals surface area contributed by atoms with Crippen molar-refractivity contribution in [1.29, 1.82) is 0 Å². The Hall–Kier alpha value is -2.18. The van der Waals surface area contributed by atoms with E-state index in [0.29, 0.717) is 6.10 Å². The van der Waals surface area contributed by atoms with E-state index in [1.165, 1.54) is 12.8 Å². The van der Waals surface area contributed by atoms with Crippen molar-refractivity contribution in [3.8, 4) is 11.4 Å². The number of rotatable bonds is 4. The van der Waals surface area contributed by atoms with Gasteiger partial charge in [-0.1, -0.05) is 12.1 Å². The van der Waals surface area contributed by atoms with E-state index in [9.17, 15) is 4.79 Å². The third-order valence-electron chi connectivity index (χ3n) is 5.03. The van der Waals surface area contributed by atoms with Crippen LogP contribution >= 0.6 is 0 Å². The lowest BCUT2D eigenvalue weighted by Gasteiger charge is -2.31. The molecule has 1 unspecified atom stereocenters. The molecule has 0 spiro atoms. The summed E-state index contributed by atoms with van der Waals surface area (Å²) in [6, 6.07) is 6.91. The summed E-state index contributed by atoms with van der Waals surface area (Å²) >= 11 is 0. The van der Waals surface area contributed by atoms with Crippen LogP contribution in [0.4, 0.5) is 0 Å². The summed E-state index contributed by atoms with van der Waals surface area (Å²) in [6.45, 7) is 3.70. The number of aromatic carboxylic acids is 1. The Kier molecular flexibility index (Phi) is 4.55. The molecular weight excluding hydrogens is 318 g/mol. The Morgan fingerprint density at radius 1 is 1.40 bits per heavy atom. The molecule has 0 saturated carbocycles. The number of H-pyrrole nitrogens is 1. The maximum atomic E-state index is 11.2. The van der Waals surface area contributed by atoms with Crippen LogP contribution in [0.5, 0.6) is 0 Å². The first-order chi connectivity index (χ1) is 12.2. The summed E-state index contributed by atoms with van der Waals surface area (Å²) < 4.78 is 5.86. The lowest BCUT2D eigenvalue weighted by molar-refractivity contribution is -0.00826. The molecule has 0 amide bonds. The minimum atomic E-state index is -0.920. The van der Waals surface area contributed by atoms with Gasteiger partial charge < -0.3 is 14.8 Å². The third kappa shape index (κ3) is 3.60. The molecule has 0 bridgehead atoms. The zero-order chi connectivity index (χ0) is 17.2. The molecule has 1 aromatic carbocycles. The lowest BCUT2D eigenvalue weighted by atomic mass is 10.1. The quantitative estimate of drug-likeness (QED) is 0.894. The summed E-state index contributed by atoms with van der Waals surface area (Å²) in [4.78, 5) is 21.7. The number of hydrogen-bond acceptors (Lipinski definition) is 4. The van der Waals surface area contributed by atoms with Gasteiger partial charge in [-0.25, -0.2) is 9.78 Å². The first kappa shape index (κ1) is 16.3. The number of aromatic nitrogens is 2. The fourth-order valence-corrected chi connectivity index (χ4v) is 3.68. The van der Waals surface area contributed by atoms with Crippen molar-refractivity contribution in [2.24, 2.45) is 0 Å².